The van der Waals surface area contributed by atoms with E-state index >= 15 is 0 Å². The number of hydrogen-bond donors (Lipinski definition) is 1. The van der Waals surface area contributed by atoms with Crippen molar-refractivity contribution in [3.8, 4) is 11.1 Å². The van der Waals surface area contributed by atoms with Crippen LogP contribution < -0.4 is 20.0 Å². The van der Waals surface area contributed by atoms with Crippen LogP contribution in [0, 0.1) is 0 Å². The topological polar surface area (TPSA) is 21.8 Å². The summed E-state index contributed by atoms with van der Waals surface area (Å²) in [5.74, 6) is 1.03. The van der Waals surface area contributed by atoms with Crippen molar-refractivity contribution in [2.45, 2.75) is 59.3 Å². The van der Waals surface area contributed by atoms with Gasteiger partial charge in [0, 0.05) is 22.5 Å². The summed E-state index contributed by atoms with van der Waals surface area (Å²) in [7, 11) is 0. The van der Waals surface area contributed by atoms with E-state index in [1.54, 1.807) is 0 Å². The number of para-hydroxylation sites is 4. The Kier molecular flexibility index (Phi) is 5.59. The third-order valence-corrected chi connectivity index (χ3v) is 8.25. The SMILES string of the molecule is [2H]N1CN(c2cc(-c3c(C(C)C)cc(C(C)C)cc3C(C)C)cc(N3CN(C([2H])([2H])[2H])c4ccccc43)c2)c2ccccc21. The zero-order chi connectivity index (χ0) is 31.5. The smallest absolute Gasteiger partial charge is 0.162 e. The van der Waals surface area contributed by atoms with Gasteiger partial charge in [0.05, 0.1) is 36.1 Å². The molecule has 2 heterocycles. The molecule has 4 nitrogen and oxygen atoms in total. The molecule has 0 saturated carbocycles. The molecular formula is C36H42N4. The minimum absolute atomic E-state index is 0.222. The maximum atomic E-state index is 8.68. The summed E-state index contributed by atoms with van der Waals surface area (Å²) in [6.45, 7) is 11.9. The van der Waals surface area contributed by atoms with Crippen LogP contribution in [0.2, 0.25) is 1.41 Å². The molecule has 206 valence electrons. The highest BCUT2D eigenvalue weighted by atomic mass is 15.4. The van der Waals surface area contributed by atoms with E-state index in [-0.39, 0.29) is 6.67 Å². The molecule has 0 fully saturated rings. The Labute approximate surface area is 245 Å². The summed E-state index contributed by atoms with van der Waals surface area (Å²) in [6, 6.07) is 27.2. The van der Waals surface area contributed by atoms with Gasteiger partial charge in [-0.1, -0.05) is 77.9 Å². The van der Waals surface area contributed by atoms with Gasteiger partial charge in [0.2, 0.25) is 0 Å². The predicted octanol–water partition coefficient (Wildman–Crippen LogP) is 9.79. The van der Waals surface area contributed by atoms with E-state index < -0.39 is 6.98 Å². The van der Waals surface area contributed by atoms with Crippen LogP contribution in [0.4, 0.5) is 34.1 Å². The van der Waals surface area contributed by atoms with Gasteiger partial charge in [0.15, 0.2) is 1.41 Å². The number of nitrogens with zero attached hydrogens (tertiary/aromatic N) is 3. The summed E-state index contributed by atoms with van der Waals surface area (Å²) in [5.41, 5.74) is 11.7. The third kappa shape index (κ3) is 4.50. The second-order valence-corrected chi connectivity index (χ2v) is 12.0. The number of fused-ring (bicyclic) bond motifs is 2. The van der Waals surface area contributed by atoms with E-state index in [0.717, 1.165) is 34.0 Å². The Hall–Kier alpha value is -3.92. The van der Waals surface area contributed by atoms with Crippen molar-refractivity contribution in [1.82, 2.24) is 0 Å². The first-order valence-corrected chi connectivity index (χ1v) is 14.5. The number of anilines is 6. The summed E-state index contributed by atoms with van der Waals surface area (Å²) in [6.07, 6.45) is 0. The minimum atomic E-state index is -2.27. The van der Waals surface area contributed by atoms with Crippen LogP contribution in [-0.2, 0) is 0 Å². The fourth-order valence-corrected chi connectivity index (χ4v) is 6.05. The van der Waals surface area contributed by atoms with Crippen molar-refractivity contribution in [2.24, 2.45) is 0 Å². The second kappa shape index (κ2) is 10.2. The van der Waals surface area contributed by atoms with Crippen LogP contribution >= 0.6 is 0 Å². The van der Waals surface area contributed by atoms with Gasteiger partial charge >= 0.3 is 0 Å². The van der Waals surface area contributed by atoms with E-state index in [4.69, 9.17) is 5.52 Å². The zero-order valence-electron chi connectivity index (χ0n) is 28.4. The molecule has 0 spiro atoms. The molecule has 0 aromatic heterocycles. The van der Waals surface area contributed by atoms with Gasteiger partial charge < -0.3 is 20.0 Å². The lowest BCUT2D eigenvalue weighted by molar-refractivity contribution is 0.807. The monoisotopic (exact) mass is 534 g/mol. The fourth-order valence-electron chi connectivity index (χ4n) is 6.05. The van der Waals surface area contributed by atoms with Gasteiger partial charge in [-0.2, -0.15) is 0 Å². The molecule has 0 saturated heterocycles. The zero-order valence-corrected chi connectivity index (χ0v) is 24.4. The summed E-state index contributed by atoms with van der Waals surface area (Å²) < 4.78 is 33.5. The molecule has 2 aliphatic heterocycles. The number of hydrogen-bond acceptors (Lipinski definition) is 4. The second-order valence-electron chi connectivity index (χ2n) is 12.0. The standard InChI is InChI=1S/C36H42N4/c1-23(2)26-18-30(24(3)4)36(31(19-26)25(5)6)27-16-28(39-21-37-32-12-8-9-13-33(32)39)20-29(17-27)40-22-38(7)34-14-10-11-15-35(34)40/h8-20,23-25,37H,21-22H2,1-7H3/i7D3/hD. The van der Waals surface area contributed by atoms with Crippen LogP contribution in [0.1, 0.15) is 80.1 Å². The average Bonchev–Trinajstić information content (AvgIpc) is 3.55. The first kappa shape index (κ1) is 21.8. The van der Waals surface area contributed by atoms with Gasteiger partial charge in [0.1, 0.15) is 0 Å². The Morgan fingerprint density at radius 1 is 0.700 bits per heavy atom. The van der Waals surface area contributed by atoms with Crippen LogP contribution in [0.5, 0.6) is 0 Å². The molecule has 4 aromatic carbocycles. The Balaban J connectivity index is 1.61. The maximum Gasteiger partial charge on any atom is 0.162 e. The van der Waals surface area contributed by atoms with E-state index in [9.17, 15) is 0 Å². The molecular weight excluding hydrogens is 488 g/mol. The van der Waals surface area contributed by atoms with Crippen molar-refractivity contribution in [1.29, 1.82) is 0 Å². The van der Waals surface area contributed by atoms with Gasteiger partial charge in [0.25, 0.3) is 0 Å². The van der Waals surface area contributed by atoms with Crippen LogP contribution in [0.15, 0.2) is 78.9 Å². The lowest BCUT2D eigenvalue weighted by Crippen LogP contribution is -2.24. The molecule has 4 heteroatoms. The molecule has 2 aliphatic rings. The van der Waals surface area contributed by atoms with Crippen molar-refractivity contribution >= 4 is 34.1 Å². The Bertz CT molecular complexity index is 1670. The maximum absolute atomic E-state index is 8.68. The van der Waals surface area contributed by atoms with Crippen molar-refractivity contribution < 1.29 is 5.52 Å². The quantitative estimate of drug-likeness (QED) is 0.266. The average molecular weight is 535 g/mol. The molecule has 6 rings (SSSR count). The molecule has 0 radical (unpaired) electrons. The number of rotatable bonds is 6. The normalized spacial score (nSPS) is 16.4. The highest BCUT2D eigenvalue weighted by molar-refractivity contribution is 5.89. The van der Waals surface area contributed by atoms with Gasteiger partial charge in [-0.25, -0.2) is 0 Å². The first-order chi connectivity index (χ1) is 20.8. The molecule has 0 atom stereocenters. The molecule has 0 bridgehead atoms. The summed E-state index contributed by atoms with van der Waals surface area (Å²) >= 11 is 0. The third-order valence-electron chi connectivity index (χ3n) is 8.25. The summed E-state index contributed by atoms with van der Waals surface area (Å²) in [5, 5.41) is 1.53. The minimum Gasteiger partial charge on any atom is -0.366 e. The number of benzene rings is 4. The summed E-state index contributed by atoms with van der Waals surface area (Å²) in [4.78, 5) is 5.80. The fraction of sp³-hybridized carbons (Fsp3) is 0.333. The Morgan fingerprint density at radius 3 is 1.93 bits per heavy atom. The van der Waals surface area contributed by atoms with E-state index in [1.165, 1.54) is 32.5 Å². The first-order valence-electron chi connectivity index (χ1n) is 16.4. The highest BCUT2D eigenvalue weighted by Crippen LogP contribution is 2.47. The van der Waals surface area contributed by atoms with Gasteiger partial charge in [-0.3, -0.25) is 0 Å². The van der Waals surface area contributed by atoms with Crippen LogP contribution in [0.3, 0.4) is 0 Å². The molecule has 0 amide bonds. The lowest BCUT2D eigenvalue weighted by Gasteiger charge is -2.28. The van der Waals surface area contributed by atoms with E-state index in [2.05, 4.69) is 87.7 Å². The lowest BCUT2D eigenvalue weighted by atomic mass is 9.81. The van der Waals surface area contributed by atoms with Crippen molar-refractivity contribution in [2.75, 3.05) is 40.3 Å². The van der Waals surface area contributed by atoms with Gasteiger partial charge in [-0.05, 0) is 88.0 Å². The molecule has 0 aliphatic carbocycles. The largest absolute Gasteiger partial charge is 0.366 e. The van der Waals surface area contributed by atoms with Gasteiger partial charge in [-0.15, -0.1) is 0 Å². The van der Waals surface area contributed by atoms with E-state index in [1.807, 2.05) is 42.5 Å². The molecule has 40 heavy (non-hydrogen) atoms. The van der Waals surface area contributed by atoms with Crippen LogP contribution in [-0.4, -0.2) is 20.3 Å². The van der Waals surface area contributed by atoms with Crippen molar-refractivity contribution in [3.05, 3.63) is 95.6 Å². The molecule has 0 unspecified atom stereocenters. The highest BCUT2D eigenvalue weighted by Gasteiger charge is 2.28. The van der Waals surface area contributed by atoms with Crippen LogP contribution in [0.25, 0.3) is 11.1 Å². The number of nitrogens with one attached hydrogen (secondary N) is 1. The van der Waals surface area contributed by atoms with Crippen molar-refractivity contribution in [3.63, 3.8) is 0 Å². The molecule has 4 aromatic rings. The van der Waals surface area contributed by atoms with E-state index in [0.29, 0.717) is 30.1 Å². The molecule has 1 N–H and O–H groups in total. The predicted molar refractivity (Wildman–Crippen MR) is 173 cm³/mol. The Morgan fingerprint density at radius 2 is 1.30 bits per heavy atom.